The van der Waals surface area contributed by atoms with E-state index in [2.05, 4.69) is 10.3 Å². The third-order valence-electron chi connectivity index (χ3n) is 4.29. The fourth-order valence-corrected chi connectivity index (χ4v) is 5.04. The van der Waals surface area contributed by atoms with Crippen LogP contribution in [0.4, 0.5) is 5.69 Å². The Morgan fingerprint density at radius 3 is 2.88 bits per heavy atom. The number of anilines is 1. The lowest BCUT2D eigenvalue weighted by atomic mass is 10.1. The van der Waals surface area contributed by atoms with E-state index in [0.29, 0.717) is 6.54 Å². The summed E-state index contributed by atoms with van der Waals surface area (Å²) in [6, 6.07) is 7.78. The summed E-state index contributed by atoms with van der Waals surface area (Å²) in [4.78, 5) is 32.8. The van der Waals surface area contributed by atoms with Crippen LogP contribution in [0.2, 0.25) is 0 Å². The van der Waals surface area contributed by atoms with Gasteiger partial charge >= 0.3 is 0 Å². The summed E-state index contributed by atoms with van der Waals surface area (Å²) in [6.07, 6.45) is 3.58. The number of carbonyl (C=O) groups is 2. The number of thiophene rings is 1. The molecule has 0 fully saturated rings. The first-order valence-electron chi connectivity index (χ1n) is 8.89. The van der Waals surface area contributed by atoms with E-state index in [9.17, 15) is 9.59 Å². The molecule has 0 saturated heterocycles. The molecule has 2 aromatic heterocycles. The molecule has 1 aliphatic heterocycles. The Hall–Kier alpha value is -1.86. The van der Waals surface area contributed by atoms with Crippen LogP contribution in [0.25, 0.3) is 0 Å². The number of carbonyl (C=O) groups excluding carboxylic acids is 2. The minimum Gasteiger partial charge on any atom is -0.348 e. The molecule has 0 aliphatic carbocycles. The summed E-state index contributed by atoms with van der Waals surface area (Å²) in [5.74, 6) is -0.0939. The topological polar surface area (TPSA) is 62.3 Å². The molecule has 0 spiro atoms. The number of thioether (sulfide) groups is 1. The van der Waals surface area contributed by atoms with Crippen LogP contribution < -0.4 is 10.2 Å². The highest BCUT2D eigenvalue weighted by Gasteiger charge is 2.35. The zero-order chi connectivity index (χ0) is 18.5. The summed E-state index contributed by atoms with van der Waals surface area (Å²) < 4.78 is 0. The van der Waals surface area contributed by atoms with Crippen molar-refractivity contribution in [1.82, 2.24) is 10.3 Å². The molecule has 1 N–H and O–H groups in total. The SMILES string of the molecule is CCCN1C(=O)C(CC(=O)NC(CC)c2cccs2)Sc2ncccc21. The van der Waals surface area contributed by atoms with Gasteiger partial charge in [-0.25, -0.2) is 4.98 Å². The molecular weight excluding hydrogens is 366 g/mol. The summed E-state index contributed by atoms with van der Waals surface area (Å²) in [7, 11) is 0. The lowest BCUT2D eigenvalue weighted by Gasteiger charge is -2.32. The van der Waals surface area contributed by atoms with Crippen molar-refractivity contribution in [3.8, 4) is 0 Å². The van der Waals surface area contributed by atoms with Crippen LogP contribution in [0.5, 0.6) is 0 Å². The number of amides is 2. The molecule has 1 aliphatic rings. The van der Waals surface area contributed by atoms with Crippen molar-refractivity contribution in [1.29, 1.82) is 0 Å². The van der Waals surface area contributed by atoms with Gasteiger partial charge in [0, 0.05) is 24.0 Å². The average Bonchev–Trinajstić information content (AvgIpc) is 3.17. The Bertz CT molecular complexity index is 764. The Balaban J connectivity index is 1.71. The van der Waals surface area contributed by atoms with Crippen LogP contribution in [-0.4, -0.2) is 28.6 Å². The highest BCUT2D eigenvalue weighted by atomic mass is 32.2. The molecule has 26 heavy (non-hydrogen) atoms. The number of fused-ring (bicyclic) bond motifs is 1. The summed E-state index contributed by atoms with van der Waals surface area (Å²) >= 11 is 3.03. The van der Waals surface area contributed by atoms with Gasteiger partial charge in [0.15, 0.2) is 0 Å². The van der Waals surface area contributed by atoms with E-state index in [1.165, 1.54) is 11.8 Å². The Kier molecular flexibility index (Phi) is 6.32. The lowest BCUT2D eigenvalue weighted by molar-refractivity contribution is -0.125. The summed E-state index contributed by atoms with van der Waals surface area (Å²) in [5.41, 5.74) is 0.853. The van der Waals surface area contributed by atoms with Crippen molar-refractivity contribution in [3.63, 3.8) is 0 Å². The molecule has 0 bridgehead atoms. The number of nitrogens with one attached hydrogen (secondary N) is 1. The number of pyridine rings is 1. The van der Waals surface area contributed by atoms with Gasteiger partial charge in [-0.3, -0.25) is 9.59 Å². The maximum absolute atomic E-state index is 12.9. The van der Waals surface area contributed by atoms with Crippen molar-refractivity contribution >= 4 is 40.6 Å². The molecule has 0 aromatic carbocycles. The first-order chi connectivity index (χ1) is 12.6. The smallest absolute Gasteiger partial charge is 0.241 e. The predicted octanol–water partition coefficient (Wildman–Crippen LogP) is 4.02. The fraction of sp³-hybridized carbons (Fsp3) is 0.421. The fourth-order valence-electron chi connectivity index (χ4n) is 3.03. The van der Waals surface area contributed by atoms with Crippen LogP contribution in [0, 0.1) is 0 Å². The van der Waals surface area contributed by atoms with Crippen molar-refractivity contribution in [3.05, 3.63) is 40.7 Å². The van der Waals surface area contributed by atoms with Gasteiger partial charge in [-0.1, -0.05) is 31.7 Å². The summed E-state index contributed by atoms with van der Waals surface area (Å²) in [5, 5.41) is 5.48. The normalized spacial score (nSPS) is 17.7. The minimum absolute atomic E-state index is 0.00308. The van der Waals surface area contributed by atoms with Crippen molar-refractivity contribution < 1.29 is 9.59 Å². The van der Waals surface area contributed by atoms with Crippen LogP contribution in [-0.2, 0) is 9.59 Å². The number of hydrogen-bond acceptors (Lipinski definition) is 5. The van der Waals surface area contributed by atoms with Crippen molar-refractivity contribution in [2.24, 2.45) is 0 Å². The van der Waals surface area contributed by atoms with Gasteiger partial charge < -0.3 is 10.2 Å². The van der Waals surface area contributed by atoms with Crippen LogP contribution in [0.3, 0.4) is 0 Å². The van der Waals surface area contributed by atoms with Crippen LogP contribution >= 0.6 is 23.1 Å². The molecular formula is C19H23N3O2S2. The minimum atomic E-state index is -0.426. The number of hydrogen-bond donors (Lipinski definition) is 1. The Labute approximate surface area is 162 Å². The maximum Gasteiger partial charge on any atom is 0.241 e. The van der Waals surface area contributed by atoms with Gasteiger partial charge in [-0.05, 0) is 36.4 Å². The first kappa shape index (κ1) is 18.9. The van der Waals surface area contributed by atoms with Gasteiger partial charge in [0.2, 0.25) is 11.8 Å². The zero-order valence-electron chi connectivity index (χ0n) is 15.0. The molecule has 3 heterocycles. The van der Waals surface area contributed by atoms with E-state index in [-0.39, 0.29) is 24.3 Å². The van der Waals surface area contributed by atoms with Crippen LogP contribution in [0.15, 0.2) is 40.9 Å². The molecule has 3 rings (SSSR count). The highest BCUT2D eigenvalue weighted by molar-refractivity contribution is 8.00. The molecule has 0 radical (unpaired) electrons. The number of rotatable bonds is 7. The molecule has 2 unspecified atom stereocenters. The van der Waals surface area contributed by atoms with Crippen molar-refractivity contribution in [2.45, 2.75) is 49.4 Å². The largest absolute Gasteiger partial charge is 0.348 e. The summed E-state index contributed by atoms with van der Waals surface area (Å²) in [6.45, 7) is 4.73. The Morgan fingerprint density at radius 2 is 2.19 bits per heavy atom. The maximum atomic E-state index is 12.9. The van der Waals surface area contributed by atoms with Gasteiger partial charge in [0.05, 0.1) is 17.0 Å². The third-order valence-corrected chi connectivity index (χ3v) is 6.46. The van der Waals surface area contributed by atoms with Crippen molar-refractivity contribution in [2.75, 3.05) is 11.4 Å². The van der Waals surface area contributed by atoms with E-state index < -0.39 is 5.25 Å². The second-order valence-electron chi connectivity index (χ2n) is 6.17. The molecule has 5 nitrogen and oxygen atoms in total. The van der Waals surface area contributed by atoms with Gasteiger partial charge in [0.25, 0.3) is 0 Å². The van der Waals surface area contributed by atoms with E-state index >= 15 is 0 Å². The van der Waals surface area contributed by atoms with Gasteiger partial charge in [0.1, 0.15) is 5.03 Å². The number of aromatic nitrogens is 1. The zero-order valence-corrected chi connectivity index (χ0v) is 16.6. The molecule has 138 valence electrons. The average molecular weight is 390 g/mol. The molecule has 0 saturated carbocycles. The molecule has 2 amide bonds. The molecule has 2 aromatic rings. The lowest BCUT2D eigenvalue weighted by Crippen LogP contribution is -2.44. The second-order valence-corrected chi connectivity index (χ2v) is 8.34. The second kappa shape index (κ2) is 8.68. The van der Waals surface area contributed by atoms with Gasteiger partial charge in [-0.2, -0.15) is 0 Å². The third kappa shape index (κ3) is 4.10. The Morgan fingerprint density at radius 1 is 1.35 bits per heavy atom. The van der Waals surface area contributed by atoms with E-state index in [4.69, 9.17) is 0 Å². The molecule has 7 heteroatoms. The monoisotopic (exact) mass is 389 g/mol. The standard InChI is InChI=1S/C19H23N3O2S2/c1-3-10-22-14-7-5-9-20-18(14)26-16(19(22)24)12-17(23)21-13(4-2)15-8-6-11-25-15/h5-9,11,13,16H,3-4,10,12H2,1-2H3,(H,21,23). The highest BCUT2D eigenvalue weighted by Crippen LogP contribution is 2.38. The van der Waals surface area contributed by atoms with E-state index in [1.807, 2.05) is 43.5 Å². The number of nitrogens with zero attached hydrogens (tertiary/aromatic N) is 2. The van der Waals surface area contributed by atoms with E-state index in [1.54, 1.807) is 22.4 Å². The van der Waals surface area contributed by atoms with Crippen LogP contribution in [0.1, 0.15) is 44.0 Å². The quantitative estimate of drug-likeness (QED) is 0.777. The first-order valence-corrected chi connectivity index (χ1v) is 10.7. The van der Waals surface area contributed by atoms with E-state index in [0.717, 1.165) is 28.4 Å². The predicted molar refractivity (Wildman–Crippen MR) is 107 cm³/mol. The molecule has 2 atom stereocenters. The van der Waals surface area contributed by atoms with Gasteiger partial charge in [-0.15, -0.1) is 11.3 Å².